The van der Waals surface area contributed by atoms with Crippen LogP contribution in [-0.2, 0) is 14.3 Å². The van der Waals surface area contributed by atoms with E-state index in [0.29, 0.717) is 0 Å². The maximum atomic E-state index is 13.6. The number of carbonyl (C=O) groups is 2. The number of anilines is 1. The fraction of sp³-hybridized carbons (Fsp3) is 0.0500. The predicted octanol–water partition coefficient (Wildman–Crippen LogP) is 4.22. The maximum Gasteiger partial charge on any atom is 0.331 e. The van der Waals surface area contributed by atoms with Crippen LogP contribution >= 0.6 is 11.6 Å². The van der Waals surface area contributed by atoms with E-state index in [-0.39, 0.29) is 10.7 Å². The first-order valence-corrected chi connectivity index (χ1v) is 8.34. The molecule has 0 aliphatic rings. The number of rotatable bonds is 5. The Hall–Kier alpha value is -3.25. The van der Waals surface area contributed by atoms with Crippen molar-refractivity contribution in [2.24, 2.45) is 0 Å². The Balaban J connectivity index is 1.58. The van der Waals surface area contributed by atoms with E-state index in [1.54, 1.807) is 12.3 Å². The molecule has 0 spiro atoms. The van der Waals surface area contributed by atoms with Crippen molar-refractivity contribution in [2.75, 3.05) is 11.9 Å². The van der Waals surface area contributed by atoms with Crippen LogP contribution in [0.4, 0.5) is 10.1 Å². The topological polar surface area (TPSA) is 68.3 Å². The van der Waals surface area contributed by atoms with E-state index in [4.69, 9.17) is 16.3 Å². The molecular weight excluding hydrogens is 371 g/mol. The number of fused-ring (bicyclic) bond motifs is 1. The first-order valence-electron chi connectivity index (χ1n) is 7.96. The van der Waals surface area contributed by atoms with Crippen molar-refractivity contribution in [1.82, 2.24) is 4.98 Å². The van der Waals surface area contributed by atoms with Gasteiger partial charge in [0.1, 0.15) is 5.82 Å². The average molecular weight is 385 g/mol. The quantitative estimate of drug-likeness (QED) is 0.528. The fourth-order valence-electron chi connectivity index (χ4n) is 2.38. The van der Waals surface area contributed by atoms with E-state index in [2.05, 4.69) is 10.3 Å². The highest BCUT2D eigenvalue weighted by Crippen LogP contribution is 2.19. The third kappa shape index (κ3) is 4.89. The lowest BCUT2D eigenvalue weighted by atomic mass is 10.1. The molecule has 0 radical (unpaired) electrons. The second-order valence-electron chi connectivity index (χ2n) is 5.54. The van der Waals surface area contributed by atoms with E-state index < -0.39 is 24.3 Å². The van der Waals surface area contributed by atoms with Crippen LogP contribution in [0.3, 0.4) is 0 Å². The largest absolute Gasteiger partial charge is 0.452 e. The standard InChI is InChI=1S/C20H14ClFN2O3/c21-15-7-8-16(22)17(11-15)24-18(25)12-27-19(26)9-6-14-4-1-3-13-5-2-10-23-20(13)14/h1-11H,12H2,(H,24,25)/b9-6+. The number of amides is 1. The minimum atomic E-state index is -0.704. The number of halogens is 2. The van der Waals surface area contributed by atoms with Crippen LogP contribution < -0.4 is 5.32 Å². The van der Waals surface area contributed by atoms with Gasteiger partial charge in [0, 0.05) is 28.2 Å². The minimum absolute atomic E-state index is 0.0825. The number of hydrogen-bond acceptors (Lipinski definition) is 4. The van der Waals surface area contributed by atoms with Crippen molar-refractivity contribution < 1.29 is 18.7 Å². The highest BCUT2D eigenvalue weighted by atomic mass is 35.5. The highest BCUT2D eigenvalue weighted by molar-refractivity contribution is 6.30. The van der Waals surface area contributed by atoms with Crippen molar-refractivity contribution >= 4 is 46.1 Å². The Morgan fingerprint density at radius 2 is 2.00 bits per heavy atom. The van der Waals surface area contributed by atoms with Crippen molar-refractivity contribution in [2.45, 2.75) is 0 Å². The number of pyridine rings is 1. The average Bonchev–Trinajstić information content (AvgIpc) is 2.67. The molecule has 3 aromatic rings. The minimum Gasteiger partial charge on any atom is -0.452 e. The molecule has 1 heterocycles. The Kier molecular flexibility index (Phi) is 5.78. The van der Waals surface area contributed by atoms with Gasteiger partial charge in [0.05, 0.1) is 11.2 Å². The van der Waals surface area contributed by atoms with Crippen molar-refractivity contribution in [1.29, 1.82) is 0 Å². The molecule has 0 saturated carbocycles. The molecule has 27 heavy (non-hydrogen) atoms. The summed E-state index contributed by atoms with van der Waals surface area (Å²) in [6.45, 7) is -0.553. The van der Waals surface area contributed by atoms with Gasteiger partial charge in [-0.2, -0.15) is 0 Å². The SMILES string of the molecule is O=C(COC(=O)/C=C/c1cccc2cccnc12)Nc1cc(Cl)ccc1F. The molecule has 1 amide bonds. The highest BCUT2D eigenvalue weighted by Gasteiger charge is 2.09. The van der Waals surface area contributed by atoms with Crippen LogP contribution in [0, 0.1) is 5.82 Å². The van der Waals surface area contributed by atoms with Crippen LogP contribution in [0.5, 0.6) is 0 Å². The van der Waals surface area contributed by atoms with Crippen molar-refractivity contribution in [3.05, 3.63) is 77.2 Å². The van der Waals surface area contributed by atoms with Gasteiger partial charge in [0.2, 0.25) is 0 Å². The third-order valence-electron chi connectivity index (χ3n) is 3.61. The molecule has 7 heteroatoms. The molecule has 0 aliphatic carbocycles. The van der Waals surface area contributed by atoms with Crippen LogP contribution in [0.1, 0.15) is 5.56 Å². The predicted molar refractivity (Wildman–Crippen MR) is 102 cm³/mol. The van der Waals surface area contributed by atoms with Crippen LogP contribution in [0.15, 0.2) is 60.8 Å². The fourth-order valence-corrected chi connectivity index (χ4v) is 2.56. The summed E-state index contributed by atoms with van der Waals surface area (Å²) in [6, 6.07) is 13.1. The van der Waals surface area contributed by atoms with E-state index in [0.717, 1.165) is 22.5 Å². The van der Waals surface area contributed by atoms with Gasteiger partial charge in [0.25, 0.3) is 5.91 Å². The monoisotopic (exact) mass is 384 g/mol. The zero-order chi connectivity index (χ0) is 19.2. The summed E-state index contributed by atoms with van der Waals surface area (Å²) in [6.07, 6.45) is 4.43. The number of nitrogens with one attached hydrogen (secondary N) is 1. The number of carbonyl (C=O) groups excluding carboxylic acids is 2. The lowest BCUT2D eigenvalue weighted by molar-refractivity contribution is -0.142. The van der Waals surface area contributed by atoms with Crippen LogP contribution in [-0.4, -0.2) is 23.5 Å². The van der Waals surface area contributed by atoms with E-state index in [9.17, 15) is 14.0 Å². The van der Waals surface area contributed by atoms with E-state index >= 15 is 0 Å². The Bertz CT molecular complexity index is 1030. The molecular formula is C20H14ClFN2O3. The molecule has 3 rings (SSSR count). The first kappa shape index (κ1) is 18.5. The number of ether oxygens (including phenoxy) is 1. The number of benzene rings is 2. The lowest BCUT2D eigenvalue weighted by Crippen LogP contribution is -2.20. The summed E-state index contributed by atoms with van der Waals surface area (Å²) in [7, 11) is 0. The Morgan fingerprint density at radius 1 is 1.19 bits per heavy atom. The zero-order valence-corrected chi connectivity index (χ0v) is 14.7. The van der Waals surface area contributed by atoms with Gasteiger partial charge in [-0.05, 0) is 30.3 Å². The normalized spacial score (nSPS) is 10.9. The molecule has 1 aromatic heterocycles. The Labute approximate surface area is 159 Å². The van der Waals surface area contributed by atoms with E-state index in [1.165, 1.54) is 18.2 Å². The lowest BCUT2D eigenvalue weighted by Gasteiger charge is -2.07. The number of aromatic nitrogens is 1. The van der Waals surface area contributed by atoms with Gasteiger partial charge >= 0.3 is 5.97 Å². The molecule has 0 bridgehead atoms. The Morgan fingerprint density at radius 3 is 2.85 bits per heavy atom. The molecule has 5 nitrogen and oxygen atoms in total. The summed E-state index contributed by atoms with van der Waals surface area (Å²) in [5.41, 5.74) is 1.41. The van der Waals surface area contributed by atoms with Crippen molar-refractivity contribution in [3.63, 3.8) is 0 Å². The molecule has 0 aliphatic heterocycles. The molecule has 0 unspecified atom stereocenters. The van der Waals surface area contributed by atoms with Crippen molar-refractivity contribution in [3.8, 4) is 0 Å². The van der Waals surface area contributed by atoms with E-state index in [1.807, 2.05) is 30.3 Å². The van der Waals surface area contributed by atoms with Gasteiger partial charge in [-0.3, -0.25) is 9.78 Å². The number of para-hydroxylation sites is 1. The summed E-state index contributed by atoms with van der Waals surface area (Å²) in [5.74, 6) is -2.02. The molecule has 2 aromatic carbocycles. The van der Waals surface area contributed by atoms with Crippen LogP contribution in [0.2, 0.25) is 5.02 Å². The van der Waals surface area contributed by atoms with Gasteiger partial charge in [-0.25, -0.2) is 9.18 Å². The molecule has 1 N–H and O–H groups in total. The number of hydrogen-bond donors (Lipinski definition) is 1. The summed E-state index contributed by atoms with van der Waals surface area (Å²) in [5, 5.41) is 3.51. The summed E-state index contributed by atoms with van der Waals surface area (Å²) in [4.78, 5) is 27.9. The van der Waals surface area contributed by atoms with Crippen LogP contribution in [0.25, 0.3) is 17.0 Å². The number of esters is 1. The third-order valence-corrected chi connectivity index (χ3v) is 3.85. The maximum absolute atomic E-state index is 13.6. The smallest absolute Gasteiger partial charge is 0.331 e. The summed E-state index contributed by atoms with van der Waals surface area (Å²) < 4.78 is 18.4. The zero-order valence-electron chi connectivity index (χ0n) is 14.0. The molecule has 0 fully saturated rings. The molecule has 136 valence electrons. The van der Waals surface area contributed by atoms with Gasteiger partial charge < -0.3 is 10.1 Å². The van der Waals surface area contributed by atoms with Gasteiger partial charge in [0.15, 0.2) is 6.61 Å². The molecule has 0 saturated heterocycles. The second kappa shape index (κ2) is 8.42. The van der Waals surface area contributed by atoms with Gasteiger partial charge in [-0.1, -0.05) is 35.9 Å². The summed E-state index contributed by atoms with van der Waals surface area (Å²) >= 11 is 5.75. The van der Waals surface area contributed by atoms with Gasteiger partial charge in [-0.15, -0.1) is 0 Å². The first-order chi connectivity index (χ1) is 13.0. The molecule has 0 atom stereocenters. The number of nitrogens with zero attached hydrogens (tertiary/aromatic N) is 1. The second-order valence-corrected chi connectivity index (χ2v) is 5.97.